The minimum absolute atomic E-state index is 0.286. The zero-order chi connectivity index (χ0) is 14.2. The highest BCUT2D eigenvalue weighted by atomic mass is 32.1. The fraction of sp³-hybridized carbons (Fsp3) is 0.500. The largest absolute Gasteiger partial charge is 0.301 e. The predicted octanol–water partition coefficient (Wildman–Crippen LogP) is 4.17. The van der Waals surface area contributed by atoms with Gasteiger partial charge >= 0.3 is 0 Å². The highest BCUT2D eigenvalue weighted by molar-refractivity contribution is 7.11. The molecular weight excluding hydrogens is 276 g/mol. The zero-order valence-corrected chi connectivity index (χ0v) is 13.4. The average molecular weight is 298 g/mol. The van der Waals surface area contributed by atoms with E-state index in [0.29, 0.717) is 6.04 Å². The molecule has 110 valence electrons. The topological polar surface area (TPSA) is 24.9 Å². The first-order chi connectivity index (χ1) is 10.3. The summed E-state index contributed by atoms with van der Waals surface area (Å²) >= 11 is 1.94. The molecule has 1 N–H and O–H groups in total. The molecule has 0 saturated heterocycles. The van der Waals surface area contributed by atoms with Crippen LogP contribution in [-0.4, -0.2) is 11.0 Å². The zero-order valence-electron chi connectivity index (χ0n) is 12.6. The molecule has 1 aromatic carbocycles. The Morgan fingerprint density at radius 1 is 1.19 bits per heavy atom. The predicted molar refractivity (Wildman–Crippen MR) is 87.9 cm³/mol. The minimum Gasteiger partial charge on any atom is -0.301 e. The maximum absolute atomic E-state index is 5.01. The number of hydrogen-bond acceptors (Lipinski definition) is 3. The molecule has 0 radical (unpaired) electrons. The van der Waals surface area contributed by atoms with Gasteiger partial charge in [0.1, 0.15) is 5.01 Å². The van der Waals surface area contributed by atoms with Crippen molar-refractivity contribution < 1.29 is 0 Å². The number of aryl methyl sites for hydroxylation is 3. The molecule has 0 spiro atoms. The summed E-state index contributed by atoms with van der Waals surface area (Å²) in [5.41, 5.74) is 4.14. The molecule has 21 heavy (non-hydrogen) atoms. The van der Waals surface area contributed by atoms with E-state index in [0.717, 1.165) is 0 Å². The minimum atomic E-state index is 0.286. The molecule has 0 bridgehead atoms. The quantitative estimate of drug-likeness (QED) is 0.916. The van der Waals surface area contributed by atoms with Crippen LogP contribution in [0.1, 0.15) is 58.4 Å². The van der Waals surface area contributed by atoms with Crippen LogP contribution in [0.3, 0.4) is 0 Å². The van der Waals surface area contributed by atoms with E-state index in [9.17, 15) is 0 Å². The van der Waals surface area contributed by atoms with E-state index in [1.54, 1.807) is 0 Å². The first kappa shape index (κ1) is 13.5. The van der Waals surface area contributed by atoms with Gasteiger partial charge in [0.05, 0.1) is 11.7 Å². The third-order valence-corrected chi connectivity index (χ3v) is 5.81. The van der Waals surface area contributed by atoms with Crippen molar-refractivity contribution in [2.45, 2.75) is 57.5 Å². The van der Waals surface area contributed by atoms with E-state index in [1.165, 1.54) is 65.2 Å². The average Bonchev–Trinajstić information content (AvgIpc) is 3.22. The SMILES string of the molecule is Cc1ccccc1C(NC1CC1)c1nc2c(s1)CCCC2. The Hall–Kier alpha value is -1.19. The lowest BCUT2D eigenvalue weighted by Gasteiger charge is -2.18. The van der Waals surface area contributed by atoms with Crippen molar-refractivity contribution in [3.63, 3.8) is 0 Å². The summed E-state index contributed by atoms with van der Waals surface area (Å²) in [4.78, 5) is 6.54. The fourth-order valence-electron chi connectivity index (χ4n) is 3.19. The number of hydrogen-bond donors (Lipinski definition) is 1. The highest BCUT2D eigenvalue weighted by Gasteiger charge is 2.29. The second kappa shape index (κ2) is 5.54. The summed E-state index contributed by atoms with van der Waals surface area (Å²) in [6, 6.07) is 9.72. The standard InChI is InChI=1S/C18H22N2S/c1-12-6-2-3-7-14(12)17(19-13-10-11-13)18-20-15-8-4-5-9-16(15)21-18/h2-3,6-7,13,17,19H,4-5,8-11H2,1H3. The number of rotatable bonds is 4. The second-order valence-electron chi connectivity index (χ2n) is 6.36. The van der Waals surface area contributed by atoms with Crippen molar-refractivity contribution in [3.05, 3.63) is 51.0 Å². The molecule has 1 atom stereocenters. The monoisotopic (exact) mass is 298 g/mol. The van der Waals surface area contributed by atoms with E-state index >= 15 is 0 Å². The molecule has 2 nitrogen and oxygen atoms in total. The molecule has 1 heterocycles. The van der Waals surface area contributed by atoms with Crippen LogP contribution in [0, 0.1) is 6.92 Å². The van der Waals surface area contributed by atoms with Gasteiger partial charge < -0.3 is 5.32 Å². The summed E-state index contributed by atoms with van der Waals surface area (Å²) in [5, 5.41) is 5.10. The molecule has 0 amide bonds. The normalized spacial score (nSPS) is 19.3. The summed E-state index contributed by atoms with van der Waals surface area (Å²) in [6.45, 7) is 2.21. The Balaban J connectivity index is 1.71. The summed E-state index contributed by atoms with van der Waals surface area (Å²) in [5.74, 6) is 0. The van der Waals surface area contributed by atoms with Gasteiger partial charge in [0.25, 0.3) is 0 Å². The van der Waals surface area contributed by atoms with E-state index in [4.69, 9.17) is 4.98 Å². The smallest absolute Gasteiger partial charge is 0.115 e. The van der Waals surface area contributed by atoms with Crippen LogP contribution >= 0.6 is 11.3 Å². The van der Waals surface area contributed by atoms with Crippen molar-refractivity contribution in [1.82, 2.24) is 10.3 Å². The van der Waals surface area contributed by atoms with Gasteiger partial charge in [-0.05, 0) is 56.6 Å². The lowest BCUT2D eigenvalue weighted by atomic mass is 10.0. The van der Waals surface area contributed by atoms with Crippen molar-refractivity contribution in [2.75, 3.05) is 0 Å². The van der Waals surface area contributed by atoms with Crippen LogP contribution in [0.25, 0.3) is 0 Å². The Kier molecular flexibility index (Phi) is 3.56. The number of nitrogens with one attached hydrogen (secondary N) is 1. The van der Waals surface area contributed by atoms with Gasteiger partial charge in [-0.2, -0.15) is 0 Å². The van der Waals surface area contributed by atoms with Gasteiger partial charge in [0.2, 0.25) is 0 Å². The van der Waals surface area contributed by atoms with Crippen molar-refractivity contribution in [2.24, 2.45) is 0 Å². The van der Waals surface area contributed by atoms with E-state index < -0.39 is 0 Å². The molecule has 3 heteroatoms. The second-order valence-corrected chi connectivity index (χ2v) is 7.47. The summed E-state index contributed by atoms with van der Waals surface area (Å²) < 4.78 is 0. The Labute approximate surface area is 130 Å². The number of fused-ring (bicyclic) bond motifs is 1. The maximum atomic E-state index is 5.01. The number of thiazole rings is 1. The van der Waals surface area contributed by atoms with Gasteiger partial charge in [0.15, 0.2) is 0 Å². The van der Waals surface area contributed by atoms with Crippen LogP contribution < -0.4 is 5.32 Å². The lowest BCUT2D eigenvalue weighted by Crippen LogP contribution is -2.25. The van der Waals surface area contributed by atoms with E-state index in [1.807, 2.05) is 11.3 Å². The number of benzene rings is 1. The summed E-state index contributed by atoms with van der Waals surface area (Å²) in [7, 11) is 0. The molecule has 2 aliphatic rings. The molecule has 1 unspecified atom stereocenters. The fourth-order valence-corrected chi connectivity index (χ4v) is 4.42. The van der Waals surface area contributed by atoms with Gasteiger partial charge in [-0.25, -0.2) is 4.98 Å². The van der Waals surface area contributed by atoms with Crippen molar-refractivity contribution >= 4 is 11.3 Å². The van der Waals surface area contributed by atoms with Gasteiger partial charge in [-0.15, -0.1) is 11.3 Å². The van der Waals surface area contributed by atoms with Crippen LogP contribution in [0.15, 0.2) is 24.3 Å². The molecule has 2 aromatic rings. The van der Waals surface area contributed by atoms with Crippen LogP contribution in [0.2, 0.25) is 0 Å². The van der Waals surface area contributed by atoms with Crippen LogP contribution in [0.5, 0.6) is 0 Å². The van der Waals surface area contributed by atoms with E-state index in [2.05, 4.69) is 36.5 Å². The third-order valence-electron chi connectivity index (χ3n) is 4.59. The van der Waals surface area contributed by atoms with Crippen molar-refractivity contribution in [3.8, 4) is 0 Å². The molecule has 1 aromatic heterocycles. The third kappa shape index (κ3) is 2.77. The molecule has 2 aliphatic carbocycles. The molecule has 0 aliphatic heterocycles. The molecular formula is C18H22N2S. The molecule has 4 rings (SSSR count). The lowest BCUT2D eigenvalue weighted by molar-refractivity contribution is 0.592. The first-order valence-corrected chi connectivity index (χ1v) is 8.93. The van der Waals surface area contributed by atoms with Crippen LogP contribution in [0.4, 0.5) is 0 Å². The van der Waals surface area contributed by atoms with Crippen molar-refractivity contribution in [1.29, 1.82) is 0 Å². The van der Waals surface area contributed by atoms with Crippen LogP contribution in [-0.2, 0) is 12.8 Å². The maximum Gasteiger partial charge on any atom is 0.115 e. The number of nitrogens with zero attached hydrogens (tertiary/aromatic N) is 1. The molecule has 1 saturated carbocycles. The van der Waals surface area contributed by atoms with Gasteiger partial charge in [0, 0.05) is 10.9 Å². The highest BCUT2D eigenvalue weighted by Crippen LogP contribution is 2.35. The Morgan fingerprint density at radius 3 is 2.76 bits per heavy atom. The Bertz CT molecular complexity index is 619. The Morgan fingerprint density at radius 2 is 2.00 bits per heavy atom. The first-order valence-electron chi connectivity index (χ1n) is 8.11. The molecule has 1 fully saturated rings. The number of aromatic nitrogens is 1. The summed E-state index contributed by atoms with van der Waals surface area (Å²) in [6.07, 6.45) is 7.68. The van der Waals surface area contributed by atoms with Gasteiger partial charge in [-0.3, -0.25) is 0 Å². The van der Waals surface area contributed by atoms with Gasteiger partial charge in [-0.1, -0.05) is 24.3 Å². The van der Waals surface area contributed by atoms with E-state index in [-0.39, 0.29) is 6.04 Å².